The summed E-state index contributed by atoms with van der Waals surface area (Å²) in [6.07, 6.45) is -2.20. The van der Waals surface area contributed by atoms with E-state index in [1.54, 1.807) is 33.9 Å². The zero-order valence-corrected chi connectivity index (χ0v) is 20.5. The van der Waals surface area contributed by atoms with Gasteiger partial charge in [0.15, 0.2) is 6.10 Å². The Morgan fingerprint density at radius 3 is 2.58 bits per heavy atom. The number of halogens is 4. The number of anilines is 1. The minimum Gasteiger partial charge on any atom is -0.384 e. The van der Waals surface area contributed by atoms with Crippen LogP contribution in [0.25, 0.3) is 10.9 Å². The lowest BCUT2D eigenvalue weighted by molar-refractivity contribution is -0.236. The van der Waals surface area contributed by atoms with Crippen LogP contribution >= 0.6 is 0 Å². The Morgan fingerprint density at radius 2 is 1.87 bits per heavy atom. The average Bonchev–Trinajstić information content (AvgIpc) is 3.27. The van der Waals surface area contributed by atoms with Gasteiger partial charge in [-0.2, -0.15) is 13.2 Å². The van der Waals surface area contributed by atoms with Crippen molar-refractivity contribution in [3.63, 3.8) is 0 Å². The van der Waals surface area contributed by atoms with Gasteiger partial charge in [0, 0.05) is 43.0 Å². The van der Waals surface area contributed by atoms with Crippen molar-refractivity contribution in [2.75, 3.05) is 38.5 Å². The average molecular weight is 534 g/mol. The number of likely N-dealkylation sites (tertiary alicyclic amines) is 1. The summed E-state index contributed by atoms with van der Waals surface area (Å²) in [5.41, 5.74) is 7.37. The number of hydrogen-bond acceptors (Lipinski definition) is 5. The van der Waals surface area contributed by atoms with Crippen LogP contribution < -0.4 is 5.73 Å². The third kappa shape index (κ3) is 5.17. The van der Waals surface area contributed by atoms with Gasteiger partial charge in [0.1, 0.15) is 18.2 Å². The highest BCUT2D eigenvalue weighted by Gasteiger charge is 2.44. The minimum atomic E-state index is -4.56. The van der Waals surface area contributed by atoms with Gasteiger partial charge >= 0.3 is 6.18 Å². The Labute approximate surface area is 215 Å². The highest BCUT2D eigenvalue weighted by Crippen LogP contribution is 2.36. The molecule has 2 aromatic heterocycles. The second-order valence-electron chi connectivity index (χ2n) is 9.62. The van der Waals surface area contributed by atoms with E-state index in [4.69, 9.17) is 10.5 Å². The van der Waals surface area contributed by atoms with E-state index in [0.717, 1.165) is 10.5 Å². The van der Waals surface area contributed by atoms with E-state index in [9.17, 15) is 22.8 Å². The molecule has 12 heteroatoms. The number of hydrogen-bond donors (Lipinski definition) is 1. The molecular formula is C26H27F4N5O3. The predicted molar refractivity (Wildman–Crippen MR) is 131 cm³/mol. The van der Waals surface area contributed by atoms with E-state index < -0.39 is 30.5 Å². The standard InChI is InChI=1S/C26H27F4N5O3/c27-19-2-1-3-20-24(19)18(13-35(20)15-23(36)34-10-11-38-21(14-34)26(28,29)30)16-5-8-33(9-6-16)25(37)17-4-7-32-22(31)12-17/h1-4,7,12-13,16,21H,5-6,8-11,14-15H2,(H2,31,32)/t21-/m0/s1. The van der Waals surface area contributed by atoms with E-state index in [1.165, 1.54) is 18.3 Å². The zero-order valence-electron chi connectivity index (χ0n) is 20.5. The Hall–Kier alpha value is -3.67. The van der Waals surface area contributed by atoms with Crippen molar-refractivity contribution in [2.45, 2.75) is 37.6 Å². The van der Waals surface area contributed by atoms with Crippen molar-refractivity contribution in [3.05, 3.63) is 59.7 Å². The maximum atomic E-state index is 15.0. The van der Waals surface area contributed by atoms with Crippen molar-refractivity contribution >= 4 is 28.5 Å². The monoisotopic (exact) mass is 533 g/mol. The van der Waals surface area contributed by atoms with E-state index >= 15 is 4.39 Å². The molecule has 0 unspecified atom stereocenters. The van der Waals surface area contributed by atoms with Crippen molar-refractivity contribution in [1.82, 2.24) is 19.4 Å². The summed E-state index contributed by atoms with van der Waals surface area (Å²) in [6, 6.07) is 7.72. The van der Waals surface area contributed by atoms with Crippen LogP contribution in [-0.4, -0.2) is 76.2 Å². The number of piperidine rings is 1. The number of rotatable bonds is 4. The van der Waals surface area contributed by atoms with Gasteiger partial charge in [-0.15, -0.1) is 0 Å². The van der Waals surface area contributed by atoms with E-state index in [-0.39, 0.29) is 37.3 Å². The molecule has 0 radical (unpaired) electrons. The number of nitrogens with zero attached hydrogens (tertiary/aromatic N) is 4. The molecule has 5 rings (SSSR count). The van der Waals surface area contributed by atoms with Crippen LogP contribution in [0.5, 0.6) is 0 Å². The highest BCUT2D eigenvalue weighted by molar-refractivity contribution is 5.95. The van der Waals surface area contributed by atoms with Crippen LogP contribution in [0.15, 0.2) is 42.7 Å². The number of aromatic nitrogens is 2. The molecule has 38 heavy (non-hydrogen) atoms. The summed E-state index contributed by atoms with van der Waals surface area (Å²) in [4.78, 5) is 32.6. The number of nitrogens with two attached hydrogens (primary N) is 1. The van der Waals surface area contributed by atoms with Crippen LogP contribution in [0.2, 0.25) is 0 Å². The van der Waals surface area contributed by atoms with Gasteiger partial charge < -0.3 is 24.8 Å². The molecule has 1 aromatic carbocycles. The van der Waals surface area contributed by atoms with Crippen LogP contribution in [0.4, 0.5) is 23.4 Å². The molecule has 8 nitrogen and oxygen atoms in total. The number of fused-ring (bicyclic) bond motifs is 1. The van der Waals surface area contributed by atoms with Gasteiger partial charge in [-0.1, -0.05) is 6.07 Å². The number of pyridine rings is 1. The first-order valence-corrected chi connectivity index (χ1v) is 12.4. The fourth-order valence-electron chi connectivity index (χ4n) is 5.26. The predicted octanol–water partition coefficient (Wildman–Crippen LogP) is 3.57. The second kappa shape index (κ2) is 10.2. The Balaban J connectivity index is 1.33. The number of benzene rings is 1. The molecule has 4 heterocycles. The van der Waals surface area contributed by atoms with Gasteiger partial charge in [0.2, 0.25) is 5.91 Å². The van der Waals surface area contributed by atoms with Gasteiger partial charge in [-0.05, 0) is 48.6 Å². The van der Waals surface area contributed by atoms with Crippen LogP contribution in [0, 0.1) is 5.82 Å². The molecule has 202 valence electrons. The number of carbonyl (C=O) groups excluding carboxylic acids is 2. The fraction of sp³-hybridized carbons (Fsp3) is 0.423. The van der Waals surface area contributed by atoms with Crippen LogP contribution in [0.1, 0.15) is 34.7 Å². The second-order valence-corrected chi connectivity index (χ2v) is 9.62. The topological polar surface area (TPSA) is 93.7 Å². The summed E-state index contributed by atoms with van der Waals surface area (Å²) in [7, 11) is 0. The molecule has 1 atom stereocenters. The van der Waals surface area contributed by atoms with Gasteiger partial charge in [0.25, 0.3) is 5.91 Å². The summed E-state index contributed by atoms with van der Waals surface area (Å²) in [6.45, 7) is -0.0203. The molecule has 2 fully saturated rings. The van der Waals surface area contributed by atoms with Gasteiger partial charge in [0.05, 0.1) is 18.7 Å². The first-order chi connectivity index (χ1) is 18.1. The number of morpholine rings is 1. The first-order valence-electron chi connectivity index (χ1n) is 12.4. The van der Waals surface area contributed by atoms with Crippen molar-refractivity contribution in [1.29, 1.82) is 0 Å². The summed E-state index contributed by atoms with van der Waals surface area (Å²) in [5.74, 6) is -0.880. The Morgan fingerprint density at radius 1 is 1.11 bits per heavy atom. The number of nitrogen functional groups attached to an aromatic ring is 1. The summed E-state index contributed by atoms with van der Waals surface area (Å²) >= 11 is 0. The quantitative estimate of drug-likeness (QED) is 0.518. The highest BCUT2D eigenvalue weighted by atomic mass is 19.4. The third-order valence-corrected chi connectivity index (χ3v) is 7.22. The first kappa shape index (κ1) is 26.0. The number of alkyl halides is 3. The lowest BCUT2D eigenvalue weighted by atomic mass is 9.89. The van der Waals surface area contributed by atoms with Crippen molar-refractivity contribution in [2.24, 2.45) is 0 Å². The van der Waals surface area contributed by atoms with Crippen molar-refractivity contribution < 1.29 is 31.9 Å². The molecule has 2 N–H and O–H groups in total. The maximum absolute atomic E-state index is 15.0. The Kier molecular flexibility index (Phi) is 6.99. The maximum Gasteiger partial charge on any atom is 0.416 e. The van der Waals surface area contributed by atoms with Crippen LogP contribution in [0.3, 0.4) is 0 Å². The molecule has 0 aliphatic carbocycles. The molecule has 2 saturated heterocycles. The number of ether oxygens (including phenoxy) is 1. The fourth-order valence-corrected chi connectivity index (χ4v) is 5.26. The Bertz CT molecular complexity index is 1350. The van der Waals surface area contributed by atoms with Gasteiger partial charge in [-0.3, -0.25) is 9.59 Å². The number of amides is 2. The molecule has 2 amide bonds. The lowest BCUT2D eigenvalue weighted by Gasteiger charge is -2.34. The van der Waals surface area contributed by atoms with Crippen LogP contribution in [-0.2, 0) is 16.1 Å². The largest absolute Gasteiger partial charge is 0.416 e. The van der Waals surface area contributed by atoms with E-state index in [1.807, 2.05) is 0 Å². The minimum absolute atomic E-state index is 0.0570. The molecule has 0 saturated carbocycles. The van der Waals surface area contributed by atoms with Crippen molar-refractivity contribution in [3.8, 4) is 0 Å². The zero-order chi connectivity index (χ0) is 27.0. The SMILES string of the molecule is Nc1cc(C(=O)N2CCC(c3cn(CC(=O)N4CCO[C@H](C(F)(F)F)C4)c4cccc(F)c34)CC2)ccn1. The summed E-state index contributed by atoms with van der Waals surface area (Å²) in [5, 5.41) is 0.391. The normalized spacial score (nSPS) is 19.2. The smallest absolute Gasteiger partial charge is 0.384 e. The number of carbonyl (C=O) groups is 2. The summed E-state index contributed by atoms with van der Waals surface area (Å²) < 4.78 is 60.8. The lowest BCUT2D eigenvalue weighted by Crippen LogP contribution is -2.51. The molecule has 2 aliphatic heterocycles. The van der Waals surface area contributed by atoms with E-state index in [0.29, 0.717) is 42.4 Å². The molecular weight excluding hydrogens is 506 g/mol. The molecule has 3 aromatic rings. The van der Waals surface area contributed by atoms with Gasteiger partial charge in [-0.25, -0.2) is 9.37 Å². The van der Waals surface area contributed by atoms with E-state index in [2.05, 4.69) is 4.98 Å². The molecule has 0 bridgehead atoms. The molecule has 2 aliphatic rings. The molecule has 0 spiro atoms. The third-order valence-electron chi connectivity index (χ3n) is 7.22.